The Bertz CT molecular complexity index is 1090. The first-order valence-electron chi connectivity index (χ1n) is 10.7. The molecule has 4 aromatic carbocycles. The second kappa shape index (κ2) is 10.2. The molecule has 0 spiro atoms. The monoisotopic (exact) mass is 416 g/mol. The minimum Gasteiger partial charge on any atom is -0.344 e. The number of amides is 1. The lowest BCUT2D eigenvalue weighted by Crippen LogP contribution is -2.37. The average Bonchev–Trinajstić information content (AvgIpc) is 2.87. The van der Waals surface area contributed by atoms with Crippen molar-refractivity contribution in [2.45, 2.75) is 12.0 Å². The third-order valence-corrected chi connectivity index (χ3v) is 5.62. The van der Waals surface area contributed by atoms with Crippen LogP contribution in [0.15, 0.2) is 121 Å². The van der Waals surface area contributed by atoms with Crippen molar-refractivity contribution < 1.29 is 4.79 Å². The number of nitriles is 1. The van der Waals surface area contributed by atoms with Gasteiger partial charge >= 0.3 is 0 Å². The summed E-state index contributed by atoms with van der Waals surface area (Å²) in [4.78, 5) is 13.6. The fourth-order valence-electron chi connectivity index (χ4n) is 4.06. The number of hydrogen-bond acceptors (Lipinski definition) is 2. The minimum atomic E-state index is -0.880. The fourth-order valence-corrected chi connectivity index (χ4v) is 4.06. The molecule has 1 atom stereocenters. The summed E-state index contributed by atoms with van der Waals surface area (Å²) in [5, 5.41) is 13.3. The Morgan fingerprint density at radius 3 is 1.28 bits per heavy atom. The van der Waals surface area contributed by atoms with E-state index in [1.54, 1.807) is 0 Å². The topological polar surface area (TPSA) is 52.9 Å². The van der Waals surface area contributed by atoms with Gasteiger partial charge in [0.15, 0.2) is 0 Å². The summed E-state index contributed by atoms with van der Waals surface area (Å²) in [7, 11) is 0. The van der Waals surface area contributed by atoms with Gasteiger partial charge in [-0.2, -0.15) is 5.26 Å². The Hall–Kier alpha value is -4.16. The van der Waals surface area contributed by atoms with Crippen molar-refractivity contribution >= 4 is 5.91 Å². The number of nitrogens with zero attached hydrogens (tertiary/aromatic N) is 1. The van der Waals surface area contributed by atoms with Crippen LogP contribution in [0, 0.1) is 17.2 Å². The molecule has 1 amide bonds. The van der Waals surface area contributed by atoms with Crippen LogP contribution in [0.5, 0.6) is 0 Å². The van der Waals surface area contributed by atoms with Gasteiger partial charge in [0.2, 0.25) is 5.91 Å². The molecule has 0 aliphatic rings. The molecular formula is C29H24N2O. The van der Waals surface area contributed by atoms with E-state index in [2.05, 4.69) is 11.4 Å². The van der Waals surface area contributed by atoms with Crippen molar-refractivity contribution in [2.24, 2.45) is 5.92 Å². The zero-order valence-corrected chi connectivity index (χ0v) is 17.6. The third-order valence-electron chi connectivity index (χ3n) is 5.62. The Balaban J connectivity index is 1.70. The normalized spacial score (nSPS) is 11.7. The number of nitrogens with one attached hydrogen (secondary N) is 1. The van der Waals surface area contributed by atoms with Crippen molar-refractivity contribution in [3.63, 3.8) is 0 Å². The molecule has 0 saturated carbocycles. The van der Waals surface area contributed by atoms with E-state index in [0.29, 0.717) is 0 Å². The zero-order chi connectivity index (χ0) is 22.2. The number of hydrogen-bond donors (Lipinski definition) is 1. The van der Waals surface area contributed by atoms with Crippen LogP contribution in [0.1, 0.15) is 34.2 Å². The molecule has 0 aliphatic heterocycles. The molecule has 0 fully saturated rings. The van der Waals surface area contributed by atoms with Crippen LogP contribution in [0.25, 0.3) is 0 Å². The van der Waals surface area contributed by atoms with Crippen molar-refractivity contribution in [3.05, 3.63) is 144 Å². The van der Waals surface area contributed by atoms with E-state index in [1.807, 2.05) is 121 Å². The smallest absolute Gasteiger partial charge is 0.239 e. The number of rotatable bonds is 7. The lowest BCUT2D eigenvalue weighted by molar-refractivity contribution is -0.124. The van der Waals surface area contributed by atoms with Gasteiger partial charge in [-0.15, -0.1) is 0 Å². The molecule has 1 N–H and O–H groups in total. The van der Waals surface area contributed by atoms with Gasteiger partial charge in [-0.3, -0.25) is 4.79 Å². The van der Waals surface area contributed by atoms with Crippen LogP contribution in [-0.4, -0.2) is 5.91 Å². The van der Waals surface area contributed by atoms with E-state index in [1.165, 1.54) is 0 Å². The van der Waals surface area contributed by atoms with Gasteiger partial charge in [-0.05, 0) is 22.3 Å². The largest absolute Gasteiger partial charge is 0.344 e. The summed E-state index contributed by atoms with van der Waals surface area (Å²) >= 11 is 0. The van der Waals surface area contributed by atoms with Gasteiger partial charge in [-0.1, -0.05) is 121 Å². The first-order chi connectivity index (χ1) is 15.8. The maximum atomic E-state index is 13.6. The van der Waals surface area contributed by atoms with E-state index in [4.69, 9.17) is 0 Å². The maximum absolute atomic E-state index is 13.6. The Morgan fingerprint density at radius 2 is 0.938 bits per heavy atom. The van der Waals surface area contributed by atoms with E-state index in [9.17, 15) is 10.1 Å². The highest BCUT2D eigenvalue weighted by molar-refractivity contribution is 5.83. The summed E-state index contributed by atoms with van der Waals surface area (Å²) in [6.45, 7) is 0. The molecule has 0 saturated heterocycles. The molecule has 0 bridgehead atoms. The summed E-state index contributed by atoms with van der Waals surface area (Å²) in [5.74, 6) is -1.53. The molecule has 32 heavy (non-hydrogen) atoms. The molecule has 4 rings (SSSR count). The standard InChI is InChI=1S/C29H24N2O/c30-21-26(27(22-13-5-1-6-14-22)23-15-7-2-8-16-23)29(32)31-28(24-17-9-3-10-18-24)25-19-11-4-12-20-25/h1-20,26-28H,(H,31,32). The van der Waals surface area contributed by atoms with Gasteiger partial charge in [0.05, 0.1) is 12.1 Å². The predicted octanol–water partition coefficient (Wildman–Crippen LogP) is 5.86. The molecule has 0 heterocycles. The molecule has 4 aromatic rings. The Labute approximate surface area is 189 Å². The zero-order valence-electron chi connectivity index (χ0n) is 17.6. The quantitative estimate of drug-likeness (QED) is 0.410. The van der Waals surface area contributed by atoms with Gasteiger partial charge in [-0.25, -0.2) is 0 Å². The highest BCUT2D eigenvalue weighted by atomic mass is 16.1. The van der Waals surface area contributed by atoms with Crippen molar-refractivity contribution in [1.29, 1.82) is 5.26 Å². The molecule has 3 heteroatoms. The van der Waals surface area contributed by atoms with Crippen LogP contribution in [0.2, 0.25) is 0 Å². The van der Waals surface area contributed by atoms with Crippen molar-refractivity contribution in [2.75, 3.05) is 0 Å². The third kappa shape index (κ3) is 4.77. The second-order valence-electron chi connectivity index (χ2n) is 7.67. The molecule has 0 aromatic heterocycles. The Kier molecular flexibility index (Phi) is 6.75. The van der Waals surface area contributed by atoms with Crippen LogP contribution in [0.3, 0.4) is 0 Å². The molecule has 1 unspecified atom stereocenters. The second-order valence-corrected chi connectivity index (χ2v) is 7.67. The number of carbonyl (C=O) groups excluding carboxylic acids is 1. The van der Waals surface area contributed by atoms with E-state index in [0.717, 1.165) is 22.3 Å². The van der Waals surface area contributed by atoms with Crippen LogP contribution in [0.4, 0.5) is 0 Å². The number of benzene rings is 4. The summed E-state index contributed by atoms with van der Waals surface area (Å²) in [6, 6.07) is 41.2. The van der Waals surface area contributed by atoms with Crippen LogP contribution in [-0.2, 0) is 4.79 Å². The van der Waals surface area contributed by atoms with Crippen LogP contribution >= 0.6 is 0 Å². The first-order valence-corrected chi connectivity index (χ1v) is 10.7. The van der Waals surface area contributed by atoms with Gasteiger partial charge < -0.3 is 5.32 Å². The lowest BCUT2D eigenvalue weighted by Gasteiger charge is -2.26. The van der Waals surface area contributed by atoms with E-state index < -0.39 is 5.92 Å². The predicted molar refractivity (Wildman–Crippen MR) is 127 cm³/mol. The lowest BCUT2D eigenvalue weighted by atomic mass is 9.80. The maximum Gasteiger partial charge on any atom is 0.239 e. The average molecular weight is 417 g/mol. The van der Waals surface area contributed by atoms with E-state index >= 15 is 0 Å². The van der Waals surface area contributed by atoms with Crippen molar-refractivity contribution in [3.8, 4) is 6.07 Å². The summed E-state index contributed by atoms with van der Waals surface area (Å²) in [5.41, 5.74) is 3.83. The minimum absolute atomic E-state index is 0.289. The SMILES string of the molecule is N#CC(C(=O)NC(c1ccccc1)c1ccccc1)C(c1ccccc1)c1ccccc1. The molecule has 0 aliphatic carbocycles. The van der Waals surface area contributed by atoms with Crippen molar-refractivity contribution in [1.82, 2.24) is 5.32 Å². The first kappa shape index (κ1) is 21.1. The summed E-state index contributed by atoms with van der Waals surface area (Å²) < 4.78 is 0. The van der Waals surface area contributed by atoms with Crippen LogP contribution < -0.4 is 5.32 Å². The molecule has 3 nitrogen and oxygen atoms in total. The number of carbonyl (C=O) groups is 1. The Morgan fingerprint density at radius 1 is 0.594 bits per heavy atom. The van der Waals surface area contributed by atoms with Gasteiger partial charge in [0.1, 0.15) is 5.92 Å². The molecule has 0 radical (unpaired) electrons. The van der Waals surface area contributed by atoms with E-state index in [-0.39, 0.29) is 17.9 Å². The highest BCUT2D eigenvalue weighted by Gasteiger charge is 2.32. The fraction of sp³-hybridized carbons (Fsp3) is 0.103. The highest BCUT2D eigenvalue weighted by Crippen LogP contribution is 2.33. The molecular weight excluding hydrogens is 392 g/mol. The molecule has 156 valence electrons. The van der Waals surface area contributed by atoms with Gasteiger partial charge in [0, 0.05) is 5.92 Å². The summed E-state index contributed by atoms with van der Waals surface area (Å²) in [6.07, 6.45) is 0. The van der Waals surface area contributed by atoms with Gasteiger partial charge in [0.25, 0.3) is 0 Å².